The minimum atomic E-state index is -0.304. The minimum Gasteiger partial charge on any atom is -0.369 e. The molecule has 0 saturated carbocycles. The molecule has 0 fully saturated rings. The molecule has 0 aromatic heterocycles. The molecular formula is C9H8BrFN2. The fraction of sp³-hybridized carbons (Fsp3) is 0.222. The highest BCUT2D eigenvalue weighted by Gasteiger charge is 2.03. The largest absolute Gasteiger partial charge is 0.369 e. The summed E-state index contributed by atoms with van der Waals surface area (Å²) in [6.45, 7) is 1.73. The Hall–Kier alpha value is -1.08. The Bertz CT molecular complexity index is 346. The molecular weight excluding hydrogens is 235 g/mol. The van der Waals surface area contributed by atoms with E-state index in [1.807, 2.05) is 6.07 Å². The summed E-state index contributed by atoms with van der Waals surface area (Å²) in [6.07, 6.45) is 0. The van der Waals surface area contributed by atoms with Crippen LogP contribution in [0.2, 0.25) is 0 Å². The molecule has 0 radical (unpaired) electrons. The van der Waals surface area contributed by atoms with Gasteiger partial charge in [0.25, 0.3) is 0 Å². The van der Waals surface area contributed by atoms with Crippen LogP contribution in [0.25, 0.3) is 0 Å². The van der Waals surface area contributed by atoms with Crippen LogP contribution in [0.1, 0.15) is 6.92 Å². The van der Waals surface area contributed by atoms with Crippen molar-refractivity contribution < 1.29 is 4.39 Å². The van der Waals surface area contributed by atoms with Gasteiger partial charge in [0.15, 0.2) is 0 Å². The van der Waals surface area contributed by atoms with E-state index in [4.69, 9.17) is 5.26 Å². The standard InChI is InChI=1S/C9H8BrFN2/c1-6(5-12)13-9-3-2-7(11)4-8(9)10/h2-4,6,13H,1H3. The van der Waals surface area contributed by atoms with Gasteiger partial charge in [0.1, 0.15) is 11.9 Å². The van der Waals surface area contributed by atoms with Crippen LogP contribution < -0.4 is 5.32 Å². The first-order valence-electron chi connectivity index (χ1n) is 3.74. The van der Waals surface area contributed by atoms with Gasteiger partial charge in [-0.05, 0) is 41.1 Å². The third-order valence-corrected chi connectivity index (χ3v) is 2.15. The maximum Gasteiger partial charge on any atom is 0.124 e. The number of rotatable bonds is 2. The second-order valence-electron chi connectivity index (χ2n) is 2.62. The van der Waals surface area contributed by atoms with Gasteiger partial charge < -0.3 is 5.32 Å². The lowest BCUT2D eigenvalue weighted by molar-refractivity contribution is 0.627. The van der Waals surface area contributed by atoms with E-state index in [0.717, 1.165) is 5.69 Å². The molecule has 0 spiro atoms. The van der Waals surface area contributed by atoms with E-state index in [0.29, 0.717) is 4.47 Å². The van der Waals surface area contributed by atoms with Crippen molar-refractivity contribution >= 4 is 21.6 Å². The molecule has 1 atom stereocenters. The Morgan fingerprint density at radius 1 is 1.62 bits per heavy atom. The number of hydrogen-bond acceptors (Lipinski definition) is 2. The number of hydrogen-bond donors (Lipinski definition) is 1. The summed E-state index contributed by atoms with van der Waals surface area (Å²) < 4.78 is 13.3. The van der Waals surface area contributed by atoms with Crippen LogP contribution >= 0.6 is 15.9 Å². The van der Waals surface area contributed by atoms with Gasteiger partial charge in [0.05, 0.1) is 6.07 Å². The number of nitriles is 1. The number of anilines is 1. The molecule has 68 valence electrons. The van der Waals surface area contributed by atoms with E-state index in [9.17, 15) is 4.39 Å². The molecule has 1 rings (SSSR count). The number of halogens is 2. The summed E-state index contributed by atoms with van der Waals surface area (Å²) >= 11 is 3.19. The van der Waals surface area contributed by atoms with Crippen molar-refractivity contribution in [1.29, 1.82) is 5.26 Å². The average molecular weight is 243 g/mol. The van der Waals surface area contributed by atoms with Crippen molar-refractivity contribution in [3.05, 3.63) is 28.5 Å². The summed E-state index contributed by atoms with van der Waals surface area (Å²) in [6, 6.07) is 6.03. The fourth-order valence-corrected chi connectivity index (χ4v) is 1.34. The van der Waals surface area contributed by atoms with Gasteiger partial charge in [-0.2, -0.15) is 5.26 Å². The van der Waals surface area contributed by atoms with E-state index in [1.165, 1.54) is 12.1 Å². The van der Waals surface area contributed by atoms with Crippen molar-refractivity contribution in [1.82, 2.24) is 0 Å². The Morgan fingerprint density at radius 2 is 2.31 bits per heavy atom. The second-order valence-corrected chi connectivity index (χ2v) is 3.47. The van der Waals surface area contributed by atoms with Crippen LogP contribution in [0, 0.1) is 17.1 Å². The minimum absolute atomic E-state index is 0.290. The molecule has 1 N–H and O–H groups in total. The van der Waals surface area contributed by atoms with Gasteiger partial charge in [-0.3, -0.25) is 0 Å². The molecule has 1 aromatic carbocycles. The molecule has 0 bridgehead atoms. The Morgan fingerprint density at radius 3 is 2.85 bits per heavy atom. The molecule has 1 unspecified atom stereocenters. The van der Waals surface area contributed by atoms with E-state index in [2.05, 4.69) is 21.2 Å². The van der Waals surface area contributed by atoms with E-state index in [1.54, 1.807) is 13.0 Å². The number of nitrogens with one attached hydrogen (secondary N) is 1. The highest BCUT2D eigenvalue weighted by molar-refractivity contribution is 9.10. The average Bonchev–Trinajstić information content (AvgIpc) is 2.09. The van der Waals surface area contributed by atoms with Crippen LogP contribution in [0.15, 0.2) is 22.7 Å². The number of nitrogens with zero attached hydrogens (tertiary/aromatic N) is 1. The third-order valence-electron chi connectivity index (χ3n) is 1.50. The van der Waals surface area contributed by atoms with Crippen molar-refractivity contribution in [3.63, 3.8) is 0 Å². The van der Waals surface area contributed by atoms with E-state index in [-0.39, 0.29) is 11.9 Å². The molecule has 0 amide bonds. The summed E-state index contributed by atoms with van der Waals surface area (Å²) in [5, 5.41) is 11.5. The van der Waals surface area contributed by atoms with Crippen LogP contribution in [0.4, 0.5) is 10.1 Å². The lowest BCUT2D eigenvalue weighted by atomic mass is 10.3. The van der Waals surface area contributed by atoms with Crippen molar-refractivity contribution in [2.75, 3.05) is 5.32 Å². The van der Waals surface area contributed by atoms with Gasteiger partial charge in [0, 0.05) is 10.2 Å². The Kier molecular flexibility index (Phi) is 3.26. The first-order chi connectivity index (χ1) is 6.13. The zero-order valence-electron chi connectivity index (χ0n) is 7.01. The Labute approximate surface area is 84.5 Å². The van der Waals surface area contributed by atoms with Crippen LogP contribution in [0.5, 0.6) is 0 Å². The lowest BCUT2D eigenvalue weighted by Crippen LogP contribution is -2.12. The summed E-state index contributed by atoms with van der Waals surface area (Å²) in [7, 11) is 0. The van der Waals surface area contributed by atoms with E-state index >= 15 is 0 Å². The maximum absolute atomic E-state index is 12.6. The van der Waals surface area contributed by atoms with Gasteiger partial charge in [-0.1, -0.05) is 0 Å². The van der Waals surface area contributed by atoms with Gasteiger partial charge in [0.2, 0.25) is 0 Å². The van der Waals surface area contributed by atoms with Gasteiger partial charge >= 0.3 is 0 Å². The zero-order valence-corrected chi connectivity index (χ0v) is 8.60. The topological polar surface area (TPSA) is 35.8 Å². The fourth-order valence-electron chi connectivity index (χ4n) is 0.872. The molecule has 1 aromatic rings. The number of benzene rings is 1. The van der Waals surface area contributed by atoms with Gasteiger partial charge in [-0.25, -0.2) is 4.39 Å². The normalized spacial score (nSPS) is 11.8. The summed E-state index contributed by atoms with van der Waals surface area (Å²) in [5.74, 6) is -0.304. The molecule has 0 heterocycles. The highest BCUT2D eigenvalue weighted by Crippen LogP contribution is 2.23. The maximum atomic E-state index is 12.6. The predicted octanol–water partition coefficient (Wildman–Crippen LogP) is 2.91. The van der Waals surface area contributed by atoms with Crippen LogP contribution in [-0.4, -0.2) is 6.04 Å². The van der Waals surface area contributed by atoms with Crippen molar-refractivity contribution in [2.45, 2.75) is 13.0 Å². The van der Waals surface area contributed by atoms with Crippen LogP contribution in [0.3, 0.4) is 0 Å². The molecule has 4 heteroatoms. The second kappa shape index (κ2) is 4.24. The molecule has 2 nitrogen and oxygen atoms in total. The SMILES string of the molecule is CC(C#N)Nc1ccc(F)cc1Br. The first kappa shape index (κ1) is 10.0. The van der Waals surface area contributed by atoms with Crippen molar-refractivity contribution in [3.8, 4) is 6.07 Å². The highest BCUT2D eigenvalue weighted by atomic mass is 79.9. The Balaban J connectivity index is 2.85. The molecule has 0 aliphatic heterocycles. The molecule has 0 aliphatic rings. The zero-order chi connectivity index (χ0) is 9.84. The predicted molar refractivity (Wildman–Crippen MR) is 52.8 cm³/mol. The first-order valence-corrected chi connectivity index (χ1v) is 4.54. The monoisotopic (exact) mass is 242 g/mol. The summed E-state index contributed by atoms with van der Waals surface area (Å²) in [4.78, 5) is 0. The molecule has 0 aliphatic carbocycles. The lowest BCUT2D eigenvalue weighted by Gasteiger charge is -2.09. The van der Waals surface area contributed by atoms with Crippen molar-refractivity contribution in [2.24, 2.45) is 0 Å². The molecule has 13 heavy (non-hydrogen) atoms. The van der Waals surface area contributed by atoms with Gasteiger partial charge in [-0.15, -0.1) is 0 Å². The quantitative estimate of drug-likeness (QED) is 0.866. The third kappa shape index (κ3) is 2.71. The summed E-state index contributed by atoms with van der Waals surface area (Å²) in [5.41, 5.74) is 0.718. The van der Waals surface area contributed by atoms with Crippen LogP contribution in [-0.2, 0) is 0 Å². The molecule has 0 saturated heterocycles. The smallest absolute Gasteiger partial charge is 0.124 e. The van der Waals surface area contributed by atoms with E-state index < -0.39 is 0 Å².